The summed E-state index contributed by atoms with van der Waals surface area (Å²) in [5.74, 6) is -0.195. The number of carbonyl (C=O) groups excluding carboxylic acids is 1. The van der Waals surface area contributed by atoms with Crippen LogP contribution in [0.1, 0.15) is 37.5 Å². The first-order valence-electron chi connectivity index (χ1n) is 7.52. The van der Waals surface area contributed by atoms with Gasteiger partial charge in [-0.05, 0) is 42.2 Å². The van der Waals surface area contributed by atoms with E-state index in [1.807, 2.05) is 25.1 Å². The van der Waals surface area contributed by atoms with Crippen molar-refractivity contribution in [3.8, 4) is 5.75 Å². The van der Waals surface area contributed by atoms with Crippen LogP contribution in [0.5, 0.6) is 5.75 Å². The van der Waals surface area contributed by atoms with E-state index in [1.54, 1.807) is 18.2 Å². The molecule has 0 aliphatic rings. The summed E-state index contributed by atoms with van der Waals surface area (Å²) >= 11 is 0. The third-order valence-corrected chi connectivity index (χ3v) is 3.44. The molecule has 0 unspecified atom stereocenters. The van der Waals surface area contributed by atoms with Gasteiger partial charge in [0.15, 0.2) is 0 Å². The molecule has 2 aromatic carbocycles. The molecule has 0 atom stereocenters. The second-order valence-corrected chi connectivity index (χ2v) is 6.56. The predicted molar refractivity (Wildman–Crippen MR) is 90.9 cm³/mol. The Hall–Kier alpha value is -2.42. The maximum atomic E-state index is 12.8. The molecule has 23 heavy (non-hydrogen) atoms. The smallest absolute Gasteiger partial charge is 0.336 e. The summed E-state index contributed by atoms with van der Waals surface area (Å²) < 4.78 is 18.3. The van der Waals surface area contributed by atoms with Crippen LogP contribution in [0, 0.1) is 12.7 Å². The van der Waals surface area contributed by atoms with Gasteiger partial charge in [0.05, 0.1) is 0 Å². The minimum Gasteiger partial charge on any atom is -0.423 e. The maximum Gasteiger partial charge on any atom is 0.336 e. The second kappa shape index (κ2) is 6.78. The fourth-order valence-electron chi connectivity index (χ4n) is 2.20. The zero-order chi connectivity index (χ0) is 17.0. The Balaban J connectivity index is 2.16. The molecule has 0 bridgehead atoms. The van der Waals surface area contributed by atoms with Crippen LogP contribution in [0.2, 0.25) is 0 Å². The van der Waals surface area contributed by atoms with Gasteiger partial charge >= 0.3 is 5.97 Å². The lowest BCUT2D eigenvalue weighted by Crippen LogP contribution is -2.15. The summed E-state index contributed by atoms with van der Waals surface area (Å²) in [5.41, 5.74) is 2.73. The van der Waals surface area contributed by atoms with Crippen molar-refractivity contribution in [2.45, 2.75) is 33.1 Å². The van der Waals surface area contributed by atoms with Crippen molar-refractivity contribution < 1.29 is 13.9 Å². The molecule has 0 aromatic heterocycles. The van der Waals surface area contributed by atoms with Crippen LogP contribution in [0.3, 0.4) is 0 Å². The highest BCUT2D eigenvalue weighted by Gasteiger charge is 2.20. The van der Waals surface area contributed by atoms with Crippen LogP contribution in [0.15, 0.2) is 48.5 Å². The van der Waals surface area contributed by atoms with Gasteiger partial charge in [0.25, 0.3) is 0 Å². The average Bonchev–Trinajstić information content (AvgIpc) is 2.47. The van der Waals surface area contributed by atoms with E-state index in [-0.39, 0.29) is 11.2 Å². The molecule has 0 saturated heterocycles. The highest BCUT2D eigenvalue weighted by Crippen LogP contribution is 2.32. The number of halogens is 1. The van der Waals surface area contributed by atoms with Crippen molar-refractivity contribution in [3.63, 3.8) is 0 Å². The summed E-state index contributed by atoms with van der Waals surface area (Å²) in [7, 11) is 0. The van der Waals surface area contributed by atoms with Crippen molar-refractivity contribution in [1.29, 1.82) is 0 Å². The lowest BCUT2D eigenvalue weighted by molar-refractivity contribution is -0.128. The molecule has 120 valence electrons. The van der Waals surface area contributed by atoms with Gasteiger partial charge in [0.1, 0.15) is 11.6 Å². The summed E-state index contributed by atoms with van der Waals surface area (Å²) in [5, 5.41) is 0. The van der Waals surface area contributed by atoms with E-state index < -0.39 is 5.97 Å². The number of carbonyl (C=O) groups is 1. The Morgan fingerprint density at radius 1 is 1.09 bits per heavy atom. The SMILES string of the molecule is Cc1ccc(OC(=O)C=Cc2ccc(F)cc2)c(C(C)(C)C)c1. The Kier molecular flexibility index (Phi) is 4.99. The van der Waals surface area contributed by atoms with E-state index >= 15 is 0 Å². The largest absolute Gasteiger partial charge is 0.423 e. The number of ether oxygens (including phenoxy) is 1. The Morgan fingerprint density at radius 3 is 2.35 bits per heavy atom. The highest BCUT2D eigenvalue weighted by atomic mass is 19.1. The highest BCUT2D eigenvalue weighted by molar-refractivity contribution is 5.88. The molecule has 0 saturated carbocycles. The lowest BCUT2D eigenvalue weighted by Gasteiger charge is -2.22. The van der Waals surface area contributed by atoms with Crippen LogP contribution in [0.25, 0.3) is 6.08 Å². The molecule has 0 radical (unpaired) electrons. The van der Waals surface area contributed by atoms with Crippen molar-refractivity contribution in [3.05, 3.63) is 71.0 Å². The third kappa shape index (κ3) is 4.78. The van der Waals surface area contributed by atoms with E-state index in [0.29, 0.717) is 5.75 Å². The molecule has 0 heterocycles. The summed E-state index contributed by atoms with van der Waals surface area (Å²) in [6.07, 6.45) is 2.95. The van der Waals surface area contributed by atoms with Crippen LogP contribution in [-0.2, 0) is 10.2 Å². The lowest BCUT2D eigenvalue weighted by atomic mass is 9.85. The van der Waals surface area contributed by atoms with E-state index in [1.165, 1.54) is 18.2 Å². The molecule has 0 aliphatic carbocycles. The van der Waals surface area contributed by atoms with Crippen molar-refractivity contribution in [1.82, 2.24) is 0 Å². The van der Waals surface area contributed by atoms with Gasteiger partial charge in [0.2, 0.25) is 0 Å². The molecule has 0 aliphatic heterocycles. The van der Waals surface area contributed by atoms with E-state index in [2.05, 4.69) is 20.8 Å². The molecule has 0 spiro atoms. The fourth-order valence-corrected chi connectivity index (χ4v) is 2.20. The zero-order valence-corrected chi connectivity index (χ0v) is 13.9. The maximum absolute atomic E-state index is 12.8. The fraction of sp³-hybridized carbons (Fsp3) is 0.250. The molecular weight excluding hydrogens is 291 g/mol. The third-order valence-electron chi connectivity index (χ3n) is 3.44. The number of aryl methyl sites for hydroxylation is 1. The number of esters is 1. The first-order valence-corrected chi connectivity index (χ1v) is 7.52. The van der Waals surface area contributed by atoms with Crippen LogP contribution in [-0.4, -0.2) is 5.97 Å². The first kappa shape index (κ1) is 16.9. The van der Waals surface area contributed by atoms with E-state index in [0.717, 1.165) is 16.7 Å². The Labute approximate surface area is 136 Å². The summed E-state index contributed by atoms with van der Waals surface area (Å²) in [6, 6.07) is 11.7. The number of hydrogen-bond donors (Lipinski definition) is 0. The van der Waals surface area contributed by atoms with Gasteiger partial charge in [-0.15, -0.1) is 0 Å². The minimum atomic E-state index is -0.455. The van der Waals surface area contributed by atoms with Gasteiger partial charge < -0.3 is 4.74 Å². The van der Waals surface area contributed by atoms with Gasteiger partial charge in [-0.2, -0.15) is 0 Å². The van der Waals surface area contributed by atoms with Crippen LogP contribution >= 0.6 is 0 Å². The Morgan fingerprint density at radius 2 is 1.74 bits per heavy atom. The quantitative estimate of drug-likeness (QED) is 0.450. The molecule has 0 fully saturated rings. The molecular formula is C20H21FO2. The first-order chi connectivity index (χ1) is 10.8. The Bertz CT molecular complexity index is 722. The summed E-state index contributed by atoms with van der Waals surface area (Å²) in [4.78, 5) is 12.0. The zero-order valence-electron chi connectivity index (χ0n) is 13.9. The molecule has 2 aromatic rings. The van der Waals surface area contributed by atoms with Crippen LogP contribution in [0.4, 0.5) is 4.39 Å². The number of rotatable bonds is 3. The van der Waals surface area contributed by atoms with Crippen molar-refractivity contribution in [2.24, 2.45) is 0 Å². The molecule has 2 rings (SSSR count). The van der Waals surface area contributed by atoms with Gasteiger partial charge in [-0.25, -0.2) is 9.18 Å². The average molecular weight is 312 g/mol. The monoisotopic (exact) mass is 312 g/mol. The molecule has 0 N–H and O–H groups in total. The van der Waals surface area contributed by atoms with E-state index in [4.69, 9.17) is 4.74 Å². The van der Waals surface area contributed by atoms with Gasteiger partial charge in [0, 0.05) is 11.6 Å². The minimum absolute atomic E-state index is 0.123. The van der Waals surface area contributed by atoms with Crippen LogP contribution < -0.4 is 4.74 Å². The van der Waals surface area contributed by atoms with Gasteiger partial charge in [-0.3, -0.25) is 0 Å². The molecule has 3 heteroatoms. The normalized spacial score (nSPS) is 11.7. The van der Waals surface area contributed by atoms with Crippen molar-refractivity contribution >= 4 is 12.0 Å². The van der Waals surface area contributed by atoms with Crippen molar-refractivity contribution in [2.75, 3.05) is 0 Å². The van der Waals surface area contributed by atoms with Gasteiger partial charge in [-0.1, -0.05) is 50.6 Å². The molecule has 2 nitrogen and oxygen atoms in total. The topological polar surface area (TPSA) is 26.3 Å². The standard InChI is InChI=1S/C20H21FO2/c1-14-5-11-18(17(13-14)20(2,3)4)23-19(22)12-8-15-6-9-16(21)10-7-15/h5-13H,1-4H3. The predicted octanol–water partition coefficient (Wildman–Crippen LogP) is 5.05. The number of benzene rings is 2. The summed E-state index contributed by atoms with van der Waals surface area (Å²) in [6.45, 7) is 8.24. The number of hydrogen-bond acceptors (Lipinski definition) is 2. The second-order valence-electron chi connectivity index (χ2n) is 6.56. The molecule has 0 amide bonds. The van der Waals surface area contributed by atoms with E-state index in [9.17, 15) is 9.18 Å².